The fourth-order valence-electron chi connectivity index (χ4n) is 2.55. The van der Waals surface area contributed by atoms with E-state index in [0.29, 0.717) is 6.42 Å². The second-order valence-corrected chi connectivity index (χ2v) is 7.81. The van der Waals surface area contributed by atoms with Crippen molar-refractivity contribution in [2.24, 2.45) is 0 Å². The van der Waals surface area contributed by atoms with Gasteiger partial charge in [-0.25, -0.2) is 17.8 Å². The van der Waals surface area contributed by atoms with Gasteiger partial charge in [-0.3, -0.25) is 4.79 Å². The number of para-hydroxylation sites is 1. The fraction of sp³-hybridized carbons (Fsp3) is 0.250. The second kappa shape index (κ2) is 6.56. The molecule has 3 rings (SSSR count). The first-order valence-electron chi connectivity index (χ1n) is 7.42. The van der Waals surface area contributed by atoms with E-state index in [0.717, 1.165) is 0 Å². The summed E-state index contributed by atoms with van der Waals surface area (Å²) in [6, 6.07) is 8.79. The van der Waals surface area contributed by atoms with E-state index in [1.807, 2.05) is 0 Å². The Hall–Kier alpha value is -2.48. The zero-order valence-corrected chi connectivity index (χ0v) is 13.5. The van der Waals surface area contributed by atoms with Crippen LogP contribution in [0.5, 0.6) is 0 Å². The molecule has 2 N–H and O–H groups in total. The minimum Gasteiger partial charge on any atom is -0.348 e. The molecular weight excluding hydrogens is 333 g/mol. The highest BCUT2D eigenvalue weighted by atomic mass is 32.2. The third-order valence-corrected chi connectivity index (χ3v) is 5.51. The van der Waals surface area contributed by atoms with E-state index in [4.69, 9.17) is 0 Å². The van der Waals surface area contributed by atoms with E-state index in [-0.39, 0.29) is 28.6 Å². The molecule has 24 heavy (non-hydrogen) atoms. The molecule has 0 aliphatic carbocycles. The number of hydrogen-bond acceptors (Lipinski definition) is 5. The third-order valence-electron chi connectivity index (χ3n) is 3.75. The van der Waals surface area contributed by atoms with Crippen molar-refractivity contribution in [3.63, 3.8) is 0 Å². The molecule has 1 amide bonds. The minimum atomic E-state index is -3.08. The van der Waals surface area contributed by atoms with Gasteiger partial charge in [0, 0.05) is 12.2 Å². The molecule has 1 aliphatic heterocycles. The molecule has 0 unspecified atom stereocenters. The molecule has 8 heteroatoms. The van der Waals surface area contributed by atoms with Gasteiger partial charge in [0.25, 0.3) is 5.91 Å². The highest BCUT2D eigenvalue weighted by Crippen LogP contribution is 2.21. The summed E-state index contributed by atoms with van der Waals surface area (Å²) < 4.78 is 36.7. The number of sulfone groups is 1. The molecule has 2 aromatic rings. The number of nitrogens with one attached hydrogen (secondary N) is 2. The Kier molecular flexibility index (Phi) is 4.48. The van der Waals surface area contributed by atoms with Crippen molar-refractivity contribution in [3.8, 4) is 0 Å². The molecule has 1 atom stereocenters. The van der Waals surface area contributed by atoms with Gasteiger partial charge in [-0.2, -0.15) is 0 Å². The molecule has 0 spiro atoms. The smallest absolute Gasteiger partial charge is 0.255 e. The lowest BCUT2D eigenvalue weighted by Crippen LogP contribution is -2.36. The topological polar surface area (TPSA) is 88.2 Å². The Balaban J connectivity index is 1.79. The maximum atomic E-state index is 13.8. The Morgan fingerprint density at radius 2 is 2.00 bits per heavy atom. The van der Waals surface area contributed by atoms with Crippen LogP contribution >= 0.6 is 0 Å². The number of pyridine rings is 1. The van der Waals surface area contributed by atoms with Crippen LogP contribution in [-0.4, -0.2) is 36.9 Å². The summed E-state index contributed by atoms with van der Waals surface area (Å²) in [7, 11) is -3.08. The molecule has 1 aliphatic rings. The van der Waals surface area contributed by atoms with Gasteiger partial charge in [-0.05, 0) is 30.7 Å². The number of carbonyl (C=O) groups excluding carboxylic acids is 1. The summed E-state index contributed by atoms with van der Waals surface area (Å²) in [4.78, 5) is 16.5. The average molecular weight is 349 g/mol. The molecule has 2 heterocycles. The lowest BCUT2D eigenvalue weighted by molar-refractivity contribution is 0.0941. The molecule has 126 valence electrons. The Labute approximate surface area is 139 Å². The predicted molar refractivity (Wildman–Crippen MR) is 88.4 cm³/mol. The number of rotatable bonds is 4. The number of nitrogens with zero attached hydrogens (tertiary/aromatic N) is 1. The van der Waals surface area contributed by atoms with Crippen molar-refractivity contribution >= 4 is 27.2 Å². The van der Waals surface area contributed by atoms with Crippen molar-refractivity contribution in [2.75, 3.05) is 16.8 Å². The number of hydrogen-bond donors (Lipinski definition) is 2. The van der Waals surface area contributed by atoms with Gasteiger partial charge in [0.15, 0.2) is 9.84 Å². The standard InChI is InChI=1S/C16H16FN3O3S/c17-13-5-1-2-6-14(13)20-15-12(4-3-8-18-15)16(21)19-11-7-9-24(22,23)10-11/h1-6,8,11H,7,9-10H2,(H,18,20)(H,19,21)/t11-/m0/s1. The lowest BCUT2D eigenvalue weighted by Gasteiger charge is -2.14. The largest absolute Gasteiger partial charge is 0.348 e. The molecule has 6 nitrogen and oxygen atoms in total. The number of aromatic nitrogens is 1. The van der Waals surface area contributed by atoms with Crippen molar-refractivity contribution in [3.05, 3.63) is 54.0 Å². The molecule has 1 saturated heterocycles. The highest BCUT2D eigenvalue weighted by molar-refractivity contribution is 7.91. The molecule has 0 saturated carbocycles. The summed E-state index contributed by atoms with van der Waals surface area (Å²) in [5, 5.41) is 5.50. The van der Waals surface area contributed by atoms with E-state index >= 15 is 0 Å². The van der Waals surface area contributed by atoms with Gasteiger partial charge in [0.1, 0.15) is 11.6 Å². The number of halogens is 1. The van der Waals surface area contributed by atoms with Gasteiger partial charge >= 0.3 is 0 Å². The zero-order valence-electron chi connectivity index (χ0n) is 12.7. The van der Waals surface area contributed by atoms with Gasteiger partial charge in [-0.1, -0.05) is 12.1 Å². The summed E-state index contributed by atoms with van der Waals surface area (Å²) in [6.45, 7) is 0. The highest BCUT2D eigenvalue weighted by Gasteiger charge is 2.29. The van der Waals surface area contributed by atoms with Crippen LogP contribution < -0.4 is 10.6 Å². The monoisotopic (exact) mass is 349 g/mol. The minimum absolute atomic E-state index is 0.0604. The van der Waals surface area contributed by atoms with Crippen LogP contribution in [0.2, 0.25) is 0 Å². The van der Waals surface area contributed by atoms with Crippen LogP contribution in [0.1, 0.15) is 16.8 Å². The molecular formula is C16H16FN3O3S. The second-order valence-electron chi connectivity index (χ2n) is 5.58. The molecule has 0 bridgehead atoms. The van der Waals surface area contributed by atoms with E-state index in [1.165, 1.54) is 18.3 Å². The first kappa shape index (κ1) is 16.4. The Morgan fingerprint density at radius 3 is 2.71 bits per heavy atom. The maximum absolute atomic E-state index is 13.8. The van der Waals surface area contributed by atoms with E-state index in [1.54, 1.807) is 24.3 Å². The first-order valence-corrected chi connectivity index (χ1v) is 9.24. The summed E-state index contributed by atoms with van der Waals surface area (Å²) >= 11 is 0. The third kappa shape index (κ3) is 3.70. The molecule has 0 radical (unpaired) electrons. The van der Waals surface area contributed by atoms with E-state index < -0.39 is 27.6 Å². The molecule has 1 aromatic carbocycles. The summed E-state index contributed by atoms with van der Waals surface area (Å²) in [5.74, 6) is -0.679. The summed E-state index contributed by atoms with van der Waals surface area (Å²) in [5.41, 5.74) is 0.429. The number of anilines is 2. The SMILES string of the molecule is O=C(N[C@H]1CCS(=O)(=O)C1)c1cccnc1Nc1ccccc1F. The zero-order chi connectivity index (χ0) is 17.2. The van der Waals surface area contributed by atoms with E-state index in [2.05, 4.69) is 15.6 Å². The first-order chi connectivity index (χ1) is 11.4. The van der Waals surface area contributed by atoms with Crippen LogP contribution in [0, 0.1) is 5.82 Å². The average Bonchev–Trinajstić information content (AvgIpc) is 2.89. The number of carbonyl (C=O) groups is 1. The maximum Gasteiger partial charge on any atom is 0.255 e. The van der Waals surface area contributed by atoms with Gasteiger partial charge < -0.3 is 10.6 Å². The van der Waals surface area contributed by atoms with Crippen LogP contribution in [0.15, 0.2) is 42.6 Å². The Morgan fingerprint density at radius 1 is 1.21 bits per heavy atom. The fourth-order valence-corrected chi connectivity index (χ4v) is 4.22. The van der Waals surface area contributed by atoms with Gasteiger partial charge in [0.2, 0.25) is 0 Å². The Bertz CT molecular complexity index is 870. The van der Waals surface area contributed by atoms with Crippen LogP contribution in [0.3, 0.4) is 0 Å². The van der Waals surface area contributed by atoms with Crippen LogP contribution in [0.4, 0.5) is 15.9 Å². The summed E-state index contributed by atoms with van der Waals surface area (Å²) in [6.07, 6.45) is 1.88. The van der Waals surface area contributed by atoms with Gasteiger partial charge in [-0.15, -0.1) is 0 Å². The van der Waals surface area contributed by atoms with E-state index in [9.17, 15) is 17.6 Å². The lowest BCUT2D eigenvalue weighted by atomic mass is 10.2. The quantitative estimate of drug-likeness (QED) is 0.880. The van der Waals surface area contributed by atoms with Crippen molar-refractivity contribution in [1.29, 1.82) is 0 Å². The van der Waals surface area contributed by atoms with Crippen LogP contribution in [0.25, 0.3) is 0 Å². The van der Waals surface area contributed by atoms with Gasteiger partial charge in [0.05, 0.1) is 22.8 Å². The van der Waals surface area contributed by atoms with Crippen molar-refractivity contribution in [1.82, 2.24) is 10.3 Å². The van der Waals surface area contributed by atoms with Crippen molar-refractivity contribution in [2.45, 2.75) is 12.5 Å². The number of amides is 1. The normalized spacial score (nSPS) is 19.0. The van der Waals surface area contributed by atoms with Crippen molar-refractivity contribution < 1.29 is 17.6 Å². The molecule has 1 fully saturated rings. The molecule has 1 aromatic heterocycles. The number of benzene rings is 1. The predicted octanol–water partition coefficient (Wildman–Crippen LogP) is 1.88. The van der Waals surface area contributed by atoms with Crippen LogP contribution in [-0.2, 0) is 9.84 Å².